The van der Waals surface area contributed by atoms with Crippen molar-refractivity contribution < 1.29 is 40.2 Å². The summed E-state index contributed by atoms with van der Waals surface area (Å²) in [5.41, 5.74) is 5.03. The van der Waals surface area contributed by atoms with E-state index in [1.54, 1.807) is 0 Å². The summed E-state index contributed by atoms with van der Waals surface area (Å²) >= 11 is 0. The average molecular weight is 757 g/mol. The topological polar surface area (TPSA) is 25.8 Å². The van der Waals surface area contributed by atoms with Crippen molar-refractivity contribution in [1.29, 1.82) is 0 Å². The molecule has 5 aromatic rings. The fourth-order valence-electron chi connectivity index (χ4n) is 3.08. The summed E-state index contributed by atoms with van der Waals surface area (Å²) in [6.45, 7) is 1.87. The molecule has 2 nitrogen and oxygen atoms in total. The van der Waals surface area contributed by atoms with Gasteiger partial charge in [0.1, 0.15) is 0 Å². The number of fused-ring (bicyclic) bond motifs is 2. The zero-order valence-corrected chi connectivity index (χ0v) is 21.7. The van der Waals surface area contributed by atoms with E-state index in [0.717, 1.165) is 28.0 Å². The fourth-order valence-corrected chi connectivity index (χ4v) is 3.08. The first-order valence-electron chi connectivity index (χ1n) is 9.53. The first kappa shape index (κ1) is 24.8. The summed E-state index contributed by atoms with van der Waals surface area (Å²) in [7, 11) is 0. The maximum absolute atomic E-state index is 4.61. The minimum atomic E-state index is 0. The predicted molar refractivity (Wildman–Crippen MR) is 121 cm³/mol. The smallest absolute Gasteiger partial charge is 0.0595 e. The van der Waals surface area contributed by atoms with Crippen molar-refractivity contribution in [1.82, 2.24) is 9.97 Å². The number of nitrogens with zero attached hydrogens (tertiary/aromatic N) is 2. The molecule has 2 heterocycles. The van der Waals surface area contributed by atoms with Gasteiger partial charge in [0, 0.05) is 45.7 Å². The van der Waals surface area contributed by atoms with E-state index in [1.807, 2.05) is 85.8 Å². The molecule has 0 N–H and O–H groups in total. The Morgan fingerprint density at radius 3 is 1.94 bits per heavy atom. The standard InChI is InChI=1S/C15H10N.C12H10N.2Ir/c1-2-6-12(7-3-1)15-11-10-13-8-4-5-9-14(13)16-15;1-2-5-11-9-8-10-6-3-4-7-12(10)13-11;;/h1-6,8-11H;3-9H,1H3;;/q2*-1;;. The molecule has 0 amide bonds. The van der Waals surface area contributed by atoms with E-state index < -0.39 is 0 Å². The monoisotopic (exact) mass is 758 g/mol. The zero-order chi connectivity index (χ0) is 19.9. The normalized spacial score (nSPS) is 10.1. The summed E-state index contributed by atoms with van der Waals surface area (Å²) < 4.78 is 0. The maximum Gasteiger partial charge on any atom is 0.0595 e. The Morgan fingerprint density at radius 2 is 1.29 bits per heavy atom. The number of hydrogen-bond donors (Lipinski definition) is 0. The van der Waals surface area contributed by atoms with Gasteiger partial charge in [0.15, 0.2) is 0 Å². The van der Waals surface area contributed by atoms with Gasteiger partial charge in [-0.05, 0) is 28.6 Å². The summed E-state index contributed by atoms with van der Waals surface area (Å²) in [6, 6.07) is 35.5. The van der Waals surface area contributed by atoms with Gasteiger partial charge in [-0.25, -0.2) is 6.08 Å². The van der Waals surface area contributed by atoms with E-state index in [2.05, 4.69) is 46.4 Å². The number of hydrogen-bond acceptors (Lipinski definition) is 2. The molecule has 0 atom stereocenters. The average Bonchev–Trinajstić information content (AvgIpc) is 2.80. The van der Waals surface area contributed by atoms with Gasteiger partial charge in [0.2, 0.25) is 0 Å². The van der Waals surface area contributed by atoms with Gasteiger partial charge in [-0.3, -0.25) is 11.1 Å². The Bertz CT molecular complexity index is 1270. The summed E-state index contributed by atoms with van der Waals surface area (Å²) in [4.78, 5) is 9.06. The number of para-hydroxylation sites is 2. The Morgan fingerprint density at radius 1 is 0.677 bits per heavy atom. The summed E-state index contributed by atoms with van der Waals surface area (Å²) in [5, 5.41) is 2.35. The van der Waals surface area contributed by atoms with Crippen LogP contribution in [0.2, 0.25) is 0 Å². The van der Waals surface area contributed by atoms with Crippen molar-refractivity contribution >= 4 is 27.9 Å². The quantitative estimate of drug-likeness (QED) is 0.186. The molecule has 4 heteroatoms. The SMILES string of the molecule is C[C-]=Cc1ccc2ccccc2n1.[Ir].[Ir].[c-]1ccccc1-c1ccc2ccccc2n1. The molecule has 0 bridgehead atoms. The van der Waals surface area contributed by atoms with Gasteiger partial charge in [0.25, 0.3) is 0 Å². The molecule has 2 aromatic heterocycles. The Kier molecular flexibility index (Phi) is 9.91. The molecule has 0 saturated heterocycles. The number of benzene rings is 3. The van der Waals surface area contributed by atoms with E-state index in [0.29, 0.717) is 0 Å². The van der Waals surface area contributed by atoms with Crippen LogP contribution in [0, 0.1) is 12.1 Å². The third kappa shape index (κ3) is 6.50. The van der Waals surface area contributed by atoms with E-state index >= 15 is 0 Å². The third-order valence-corrected chi connectivity index (χ3v) is 4.50. The van der Waals surface area contributed by atoms with Gasteiger partial charge in [-0.1, -0.05) is 60.3 Å². The fraction of sp³-hybridized carbons (Fsp3) is 0.0370. The molecular formula is C27H20Ir2N2-2. The van der Waals surface area contributed by atoms with Crippen LogP contribution in [0.5, 0.6) is 0 Å². The molecular weight excluding hydrogens is 737 g/mol. The predicted octanol–water partition coefficient (Wildman–Crippen LogP) is 6.77. The first-order valence-corrected chi connectivity index (χ1v) is 9.53. The second kappa shape index (κ2) is 12.4. The van der Waals surface area contributed by atoms with Crippen LogP contribution >= 0.6 is 0 Å². The Balaban J connectivity index is 0.000000211. The van der Waals surface area contributed by atoms with Crippen LogP contribution in [0.1, 0.15) is 12.6 Å². The van der Waals surface area contributed by atoms with Crippen molar-refractivity contribution in [2.45, 2.75) is 6.92 Å². The van der Waals surface area contributed by atoms with Crippen LogP contribution in [-0.4, -0.2) is 9.97 Å². The van der Waals surface area contributed by atoms with Gasteiger partial charge >= 0.3 is 0 Å². The number of aromatic nitrogens is 2. The van der Waals surface area contributed by atoms with Gasteiger partial charge in [0.05, 0.1) is 5.52 Å². The van der Waals surface area contributed by atoms with E-state index in [4.69, 9.17) is 0 Å². The van der Waals surface area contributed by atoms with E-state index in [9.17, 15) is 0 Å². The first-order chi connectivity index (χ1) is 14.3. The second-order valence-electron chi connectivity index (χ2n) is 6.53. The molecule has 3 aromatic carbocycles. The van der Waals surface area contributed by atoms with Crippen molar-refractivity contribution in [3.05, 3.63) is 115 Å². The number of pyridine rings is 2. The van der Waals surface area contributed by atoms with Crippen molar-refractivity contribution in [2.75, 3.05) is 0 Å². The Hall–Kier alpha value is -2.48. The van der Waals surface area contributed by atoms with Crippen LogP contribution in [0.25, 0.3) is 39.1 Å². The molecule has 0 fully saturated rings. The molecule has 5 rings (SSSR count). The summed E-state index contributed by atoms with van der Waals surface area (Å²) in [5.74, 6) is 0. The molecule has 0 unspecified atom stereocenters. The van der Waals surface area contributed by atoms with Gasteiger partial charge in [-0.15, -0.1) is 48.9 Å². The number of allylic oxidation sites excluding steroid dienone is 1. The minimum absolute atomic E-state index is 0. The molecule has 158 valence electrons. The van der Waals surface area contributed by atoms with Crippen LogP contribution in [0.3, 0.4) is 0 Å². The van der Waals surface area contributed by atoms with Gasteiger partial charge in [-0.2, -0.15) is 0 Å². The van der Waals surface area contributed by atoms with Gasteiger partial charge < -0.3 is 4.98 Å². The van der Waals surface area contributed by atoms with E-state index in [1.165, 1.54) is 10.8 Å². The molecule has 0 saturated carbocycles. The molecule has 0 spiro atoms. The minimum Gasteiger partial charge on any atom is -0.344 e. The summed E-state index contributed by atoms with van der Waals surface area (Å²) in [6.07, 6.45) is 4.84. The van der Waals surface area contributed by atoms with Crippen LogP contribution in [0.4, 0.5) is 0 Å². The van der Waals surface area contributed by atoms with Crippen molar-refractivity contribution in [3.8, 4) is 11.3 Å². The maximum atomic E-state index is 4.61. The zero-order valence-electron chi connectivity index (χ0n) is 16.9. The number of rotatable bonds is 2. The van der Waals surface area contributed by atoms with E-state index in [-0.39, 0.29) is 40.2 Å². The van der Waals surface area contributed by atoms with Crippen molar-refractivity contribution in [3.63, 3.8) is 0 Å². The molecule has 2 radical (unpaired) electrons. The largest absolute Gasteiger partial charge is 0.344 e. The van der Waals surface area contributed by atoms with Crippen LogP contribution < -0.4 is 0 Å². The van der Waals surface area contributed by atoms with Crippen LogP contribution in [0.15, 0.2) is 97.1 Å². The molecule has 0 aliphatic carbocycles. The third-order valence-electron chi connectivity index (χ3n) is 4.50. The molecule has 31 heavy (non-hydrogen) atoms. The Labute approximate surface area is 210 Å². The molecule has 0 aliphatic rings. The van der Waals surface area contributed by atoms with Crippen LogP contribution in [-0.2, 0) is 40.2 Å². The molecule has 0 aliphatic heterocycles. The second-order valence-corrected chi connectivity index (χ2v) is 6.53. The van der Waals surface area contributed by atoms with Crippen molar-refractivity contribution in [2.24, 2.45) is 0 Å².